The summed E-state index contributed by atoms with van der Waals surface area (Å²) in [6, 6.07) is 0. The summed E-state index contributed by atoms with van der Waals surface area (Å²) < 4.78 is 32.0. The van der Waals surface area contributed by atoms with Crippen molar-refractivity contribution in [2.45, 2.75) is 30.8 Å². The van der Waals surface area contributed by atoms with Gasteiger partial charge in [0.15, 0.2) is 24.3 Å². The zero-order chi connectivity index (χ0) is 13.5. The Morgan fingerprint density at radius 3 is 2.72 bits per heavy atom. The molecule has 6 nitrogen and oxygen atoms in total. The van der Waals surface area contributed by atoms with Gasteiger partial charge >= 0.3 is 0 Å². The number of halogens is 2. The van der Waals surface area contributed by atoms with Crippen LogP contribution in [-0.2, 0) is 14.3 Å². The molecule has 2 aliphatic rings. The molecule has 1 amide bonds. The van der Waals surface area contributed by atoms with Crippen LogP contribution in [0.2, 0.25) is 0 Å². The monoisotopic (exact) mass is 263 g/mol. The lowest BCUT2D eigenvalue weighted by molar-refractivity contribution is -0.212. The third-order valence-electron chi connectivity index (χ3n) is 2.86. The molecule has 2 rings (SSSR count). The van der Waals surface area contributed by atoms with Crippen LogP contribution in [0.5, 0.6) is 0 Å². The molecule has 0 aromatic rings. The first kappa shape index (κ1) is 13.1. The van der Waals surface area contributed by atoms with Gasteiger partial charge in [0.25, 0.3) is 5.85 Å². The number of carbonyl (C=O) groups is 2. The molecular weight excluding hydrogens is 252 g/mol. The number of hydrogen-bond donors (Lipinski definition) is 2. The number of allylic oxidation sites excluding steroid dienone is 1. The van der Waals surface area contributed by atoms with Crippen LogP contribution in [0.3, 0.4) is 0 Å². The Morgan fingerprint density at radius 2 is 2.22 bits per heavy atom. The van der Waals surface area contributed by atoms with Gasteiger partial charge in [-0.15, -0.1) is 0 Å². The van der Waals surface area contributed by atoms with E-state index in [4.69, 9.17) is 5.11 Å². The Bertz CT molecular complexity index is 415. The highest BCUT2D eigenvalue weighted by molar-refractivity contribution is 6.06. The molecule has 2 aliphatic heterocycles. The van der Waals surface area contributed by atoms with E-state index >= 15 is 0 Å². The molecule has 0 radical (unpaired) electrons. The fourth-order valence-corrected chi connectivity index (χ4v) is 1.84. The van der Waals surface area contributed by atoms with Gasteiger partial charge in [-0.2, -0.15) is 0 Å². The van der Waals surface area contributed by atoms with Crippen LogP contribution >= 0.6 is 0 Å². The number of hydrogen-bond acceptors (Lipinski definition) is 5. The predicted molar refractivity (Wildman–Crippen MR) is 52.3 cm³/mol. The topological polar surface area (TPSA) is 87.1 Å². The van der Waals surface area contributed by atoms with E-state index in [9.17, 15) is 23.5 Å². The number of aliphatic hydroxyl groups is 2. The van der Waals surface area contributed by atoms with Gasteiger partial charge in [0, 0.05) is 6.20 Å². The molecule has 2 N–H and O–H groups in total. The molecule has 0 aliphatic carbocycles. The van der Waals surface area contributed by atoms with Crippen molar-refractivity contribution in [1.29, 1.82) is 0 Å². The van der Waals surface area contributed by atoms with Crippen LogP contribution in [0.15, 0.2) is 12.3 Å². The molecule has 18 heavy (non-hydrogen) atoms. The van der Waals surface area contributed by atoms with E-state index in [2.05, 4.69) is 4.74 Å². The van der Waals surface area contributed by atoms with Gasteiger partial charge in [0.2, 0.25) is 5.91 Å². The molecular formula is C10H11F2NO5. The minimum Gasteiger partial charge on any atom is -0.390 e. The zero-order valence-corrected chi connectivity index (χ0v) is 9.12. The van der Waals surface area contributed by atoms with Crippen molar-refractivity contribution in [3.8, 4) is 0 Å². The highest BCUT2D eigenvalue weighted by Gasteiger charge is 2.58. The minimum atomic E-state index is -2.96. The second-order valence-electron chi connectivity index (χ2n) is 4.10. The minimum absolute atomic E-state index is 0.459. The number of carbonyl (C=O) groups excluding carboxylic acids is 2. The Kier molecular flexibility index (Phi) is 3.18. The number of ether oxygens (including phenoxy) is 1. The first-order chi connectivity index (χ1) is 8.39. The van der Waals surface area contributed by atoms with Crippen molar-refractivity contribution in [3.63, 3.8) is 0 Å². The lowest BCUT2D eigenvalue weighted by Crippen LogP contribution is -2.44. The summed E-state index contributed by atoms with van der Waals surface area (Å²) in [7, 11) is 0. The zero-order valence-electron chi connectivity index (χ0n) is 9.12. The van der Waals surface area contributed by atoms with Crippen LogP contribution < -0.4 is 0 Å². The van der Waals surface area contributed by atoms with E-state index in [-0.39, 0.29) is 0 Å². The SMILES string of the molecule is O=C1C=CN([C@@H]2O[C@](F)(CO)[C@@H](O)[C@H]2F)C(=O)C1. The van der Waals surface area contributed by atoms with E-state index in [0.717, 1.165) is 12.3 Å². The van der Waals surface area contributed by atoms with Gasteiger partial charge < -0.3 is 14.9 Å². The maximum atomic E-state index is 13.7. The molecule has 0 bridgehead atoms. The standard InChI is InChI=1S/C10H11F2NO5/c11-7-8(17)10(12,4-14)18-9(7)13-2-1-5(15)3-6(13)16/h1-2,7-9,14,17H,3-4H2/t7-,8+,9-,10-/m1/s1. The Balaban J connectivity index is 2.23. The summed E-state index contributed by atoms with van der Waals surface area (Å²) >= 11 is 0. The quantitative estimate of drug-likeness (QED) is 0.625. The van der Waals surface area contributed by atoms with Gasteiger partial charge in [-0.3, -0.25) is 14.5 Å². The number of nitrogens with zero attached hydrogens (tertiary/aromatic N) is 1. The van der Waals surface area contributed by atoms with Crippen LogP contribution in [0.4, 0.5) is 8.78 Å². The van der Waals surface area contributed by atoms with Crippen molar-refractivity contribution in [3.05, 3.63) is 12.3 Å². The summed E-state index contributed by atoms with van der Waals surface area (Å²) in [5, 5.41) is 18.0. The summed E-state index contributed by atoms with van der Waals surface area (Å²) in [4.78, 5) is 23.1. The summed E-state index contributed by atoms with van der Waals surface area (Å²) in [5.41, 5.74) is 0. The molecule has 1 fully saturated rings. The normalized spacial score (nSPS) is 40.7. The van der Waals surface area contributed by atoms with Gasteiger partial charge in [0.05, 0.1) is 6.42 Å². The smallest absolute Gasteiger partial charge is 0.263 e. The third-order valence-corrected chi connectivity index (χ3v) is 2.86. The van der Waals surface area contributed by atoms with Crippen molar-refractivity contribution in [1.82, 2.24) is 4.90 Å². The maximum absolute atomic E-state index is 13.7. The van der Waals surface area contributed by atoms with Gasteiger partial charge in [0.1, 0.15) is 6.61 Å². The van der Waals surface area contributed by atoms with E-state index in [0.29, 0.717) is 4.90 Å². The average Bonchev–Trinajstić information content (AvgIpc) is 2.55. The van der Waals surface area contributed by atoms with E-state index in [1.165, 1.54) is 0 Å². The van der Waals surface area contributed by atoms with E-state index < -0.39 is 49.1 Å². The Labute approximate surface area is 100 Å². The maximum Gasteiger partial charge on any atom is 0.263 e. The van der Waals surface area contributed by atoms with Gasteiger partial charge in [-0.25, -0.2) is 8.78 Å². The first-order valence-electron chi connectivity index (χ1n) is 5.21. The first-order valence-corrected chi connectivity index (χ1v) is 5.21. The van der Waals surface area contributed by atoms with Gasteiger partial charge in [-0.1, -0.05) is 0 Å². The van der Waals surface area contributed by atoms with Crippen molar-refractivity contribution < 1.29 is 33.3 Å². The number of amides is 1. The lowest BCUT2D eigenvalue weighted by atomic mass is 10.1. The van der Waals surface area contributed by atoms with Crippen molar-refractivity contribution in [2.75, 3.05) is 6.61 Å². The van der Waals surface area contributed by atoms with Gasteiger partial charge in [-0.05, 0) is 6.08 Å². The third kappa shape index (κ3) is 1.92. The molecule has 0 aromatic carbocycles. The largest absolute Gasteiger partial charge is 0.390 e. The summed E-state index contributed by atoms with van der Waals surface area (Å²) in [6.07, 6.45) is -4.59. The highest BCUT2D eigenvalue weighted by Crippen LogP contribution is 2.36. The highest BCUT2D eigenvalue weighted by atomic mass is 19.2. The average molecular weight is 263 g/mol. The van der Waals surface area contributed by atoms with Crippen LogP contribution in [0.25, 0.3) is 0 Å². The molecule has 0 saturated carbocycles. The molecule has 1 saturated heterocycles. The fraction of sp³-hybridized carbons (Fsp3) is 0.600. The number of alkyl halides is 2. The molecule has 0 aromatic heterocycles. The fourth-order valence-electron chi connectivity index (χ4n) is 1.84. The second kappa shape index (κ2) is 4.38. The number of aliphatic hydroxyl groups excluding tert-OH is 2. The van der Waals surface area contributed by atoms with Crippen LogP contribution in [-0.4, -0.2) is 57.8 Å². The van der Waals surface area contributed by atoms with Crippen molar-refractivity contribution in [2.24, 2.45) is 0 Å². The molecule has 2 heterocycles. The van der Waals surface area contributed by atoms with Crippen LogP contribution in [0, 0.1) is 0 Å². The lowest BCUT2D eigenvalue weighted by Gasteiger charge is -2.28. The second-order valence-corrected chi connectivity index (χ2v) is 4.10. The van der Waals surface area contributed by atoms with E-state index in [1.807, 2.05) is 0 Å². The molecule has 100 valence electrons. The Morgan fingerprint density at radius 1 is 1.56 bits per heavy atom. The predicted octanol–water partition coefficient (Wildman–Crippen LogP) is -0.985. The molecule has 0 spiro atoms. The summed E-state index contributed by atoms with van der Waals surface area (Å²) in [5.74, 6) is -4.18. The molecule has 8 heteroatoms. The number of ketones is 1. The molecule has 4 atom stereocenters. The van der Waals surface area contributed by atoms with Crippen molar-refractivity contribution >= 4 is 11.7 Å². The number of rotatable bonds is 2. The van der Waals surface area contributed by atoms with E-state index in [1.54, 1.807) is 0 Å². The molecule has 0 unspecified atom stereocenters. The van der Waals surface area contributed by atoms with Crippen LogP contribution in [0.1, 0.15) is 6.42 Å². The Hall–Kier alpha value is -1.38. The summed E-state index contributed by atoms with van der Waals surface area (Å²) in [6.45, 7) is -1.24.